The topological polar surface area (TPSA) is 47.8 Å². The Kier molecular flexibility index (Phi) is 5.84. The van der Waals surface area contributed by atoms with Gasteiger partial charge in [-0.1, -0.05) is 56.9 Å². The van der Waals surface area contributed by atoms with Gasteiger partial charge in [-0.3, -0.25) is 4.79 Å². The van der Waals surface area contributed by atoms with Crippen LogP contribution >= 0.6 is 0 Å². The van der Waals surface area contributed by atoms with Crippen LogP contribution in [-0.4, -0.2) is 20.9 Å². The van der Waals surface area contributed by atoms with Gasteiger partial charge in [-0.2, -0.15) is 0 Å². The Morgan fingerprint density at radius 3 is 2.18 bits per heavy atom. The molecule has 1 heterocycles. The SMILES string of the molecule is CCCCCC1CCC(c2ccc(C(=O)n3nc4ccccc4n3)cc2)CC1. The molecule has 1 saturated carbocycles. The highest BCUT2D eigenvalue weighted by atomic mass is 16.2. The van der Waals surface area contributed by atoms with Crippen molar-refractivity contribution in [3.05, 3.63) is 59.7 Å². The molecule has 1 aliphatic rings. The summed E-state index contributed by atoms with van der Waals surface area (Å²) in [6, 6.07) is 15.6. The Morgan fingerprint density at radius 1 is 0.929 bits per heavy atom. The summed E-state index contributed by atoms with van der Waals surface area (Å²) in [5, 5.41) is 8.59. The fraction of sp³-hybridized carbons (Fsp3) is 0.458. The number of hydrogen-bond donors (Lipinski definition) is 0. The Bertz CT molecular complexity index is 887. The van der Waals surface area contributed by atoms with Gasteiger partial charge in [0.25, 0.3) is 5.91 Å². The number of rotatable bonds is 6. The summed E-state index contributed by atoms with van der Waals surface area (Å²) in [5.74, 6) is 1.38. The smallest absolute Gasteiger partial charge is 0.265 e. The molecule has 1 aliphatic carbocycles. The lowest BCUT2D eigenvalue weighted by atomic mass is 9.77. The molecule has 0 spiro atoms. The largest absolute Gasteiger partial charge is 0.295 e. The van der Waals surface area contributed by atoms with Crippen LogP contribution in [-0.2, 0) is 0 Å². The van der Waals surface area contributed by atoms with Gasteiger partial charge in [0, 0.05) is 5.56 Å². The van der Waals surface area contributed by atoms with Crippen LogP contribution in [0.1, 0.15) is 80.1 Å². The second-order valence-electron chi connectivity index (χ2n) is 8.12. The Balaban J connectivity index is 1.38. The van der Waals surface area contributed by atoms with E-state index in [0.29, 0.717) is 11.5 Å². The lowest BCUT2D eigenvalue weighted by molar-refractivity contribution is 0.0928. The zero-order valence-corrected chi connectivity index (χ0v) is 16.7. The molecule has 0 N–H and O–H groups in total. The third-order valence-electron chi connectivity index (χ3n) is 6.16. The van der Waals surface area contributed by atoms with Crippen LogP contribution in [0.3, 0.4) is 0 Å². The van der Waals surface area contributed by atoms with E-state index in [9.17, 15) is 4.79 Å². The number of carbonyl (C=O) groups is 1. The van der Waals surface area contributed by atoms with Crippen molar-refractivity contribution in [2.45, 2.75) is 64.2 Å². The van der Waals surface area contributed by atoms with Crippen molar-refractivity contribution >= 4 is 16.9 Å². The van der Waals surface area contributed by atoms with Crippen molar-refractivity contribution in [2.75, 3.05) is 0 Å². The number of fused-ring (bicyclic) bond motifs is 1. The van der Waals surface area contributed by atoms with Gasteiger partial charge in [0.05, 0.1) is 0 Å². The standard InChI is InChI=1S/C24H29N3O/c1-2-3-4-7-18-10-12-19(13-11-18)20-14-16-21(17-15-20)24(28)27-25-22-8-5-6-9-23(22)26-27/h5-6,8-9,14-19H,2-4,7,10-13H2,1H3. The maximum Gasteiger partial charge on any atom is 0.295 e. The van der Waals surface area contributed by atoms with Crippen molar-refractivity contribution in [3.8, 4) is 0 Å². The third kappa shape index (κ3) is 4.16. The van der Waals surface area contributed by atoms with Crippen LogP contribution in [0.2, 0.25) is 0 Å². The van der Waals surface area contributed by atoms with Gasteiger partial charge in [0.15, 0.2) is 0 Å². The van der Waals surface area contributed by atoms with Crippen molar-refractivity contribution < 1.29 is 4.79 Å². The monoisotopic (exact) mass is 375 g/mol. The Labute approximate surface area is 167 Å². The number of hydrogen-bond acceptors (Lipinski definition) is 3. The first kappa shape index (κ1) is 18.9. The Hall–Kier alpha value is -2.49. The number of aromatic nitrogens is 3. The van der Waals surface area contributed by atoms with E-state index < -0.39 is 0 Å². The predicted molar refractivity (Wildman–Crippen MR) is 113 cm³/mol. The highest BCUT2D eigenvalue weighted by Crippen LogP contribution is 2.37. The number of nitrogens with zero attached hydrogens (tertiary/aromatic N) is 3. The summed E-state index contributed by atoms with van der Waals surface area (Å²) >= 11 is 0. The quantitative estimate of drug-likeness (QED) is 0.498. The van der Waals surface area contributed by atoms with Crippen molar-refractivity contribution in [3.63, 3.8) is 0 Å². The molecule has 0 radical (unpaired) electrons. The van der Waals surface area contributed by atoms with Crippen molar-refractivity contribution in [2.24, 2.45) is 5.92 Å². The first-order valence-electron chi connectivity index (χ1n) is 10.7. The first-order chi connectivity index (χ1) is 13.7. The molecule has 0 unspecified atom stereocenters. The summed E-state index contributed by atoms with van der Waals surface area (Å²) < 4.78 is 0. The van der Waals surface area contributed by atoms with Crippen molar-refractivity contribution in [1.82, 2.24) is 15.0 Å². The number of benzene rings is 2. The molecular formula is C24H29N3O. The average Bonchev–Trinajstić information content (AvgIpc) is 3.18. The van der Waals surface area contributed by atoms with Gasteiger partial charge < -0.3 is 0 Å². The fourth-order valence-electron chi connectivity index (χ4n) is 4.43. The highest BCUT2D eigenvalue weighted by molar-refractivity contribution is 5.95. The molecule has 0 atom stereocenters. The van der Waals surface area contributed by atoms with Crippen LogP contribution < -0.4 is 0 Å². The molecule has 2 aromatic carbocycles. The number of unbranched alkanes of at least 4 members (excludes halogenated alkanes) is 2. The predicted octanol–water partition coefficient (Wildman–Crippen LogP) is 5.97. The van der Waals surface area contributed by atoms with Crippen LogP contribution in [0.5, 0.6) is 0 Å². The van der Waals surface area contributed by atoms with E-state index in [1.54, 1.807) is 0 Å². The summed E-state index contributed by atoms with van der Waals surface area (Å²) in [7, 11) is 0. The molecule has 0 bridgehead atoms. The van der Waals surface area contributed by atoms with Crippen molar-refractivity contribution in [1.29, 1.82) is 0 Å². The van der Waals surface area contributed by atoms with Crippen LogP contribution in [0, 0.1) is 5.92 Å². The van der Waals surface area contributed by atoms with E-state index in [0.717, 1.165) is 17.0 Å². The fourth-order valence-corrected chi connectivity index (χ4v) is 4.43. The molecule has 28 heavy (non-hydrogen) atoms. The minimum Gasteiger partial charge on any atom is -0.265 e. The summed E-state index contributed by atoms with van der Waals surface area (Å²) in [6.07, 6.45) is 10.7. The Morgan fingerprint density at radius 2 is 1.57 bits per heavy atom. The third-order valence-corrected chi connectivity index (χ3v) is 6.16. The second kappa shape index (κ2) is 8.68. The molecule has 0 aliphatic heterocycles. The van der Waals surface area contributed by atoms with Crippen LogP contribution in [0.4, 0.5) is 0 Å². The zero-order valence-electron chi connectivity index (χ0n) is 16.7. The molecule has 1 aromatic heterocycles. The van der Waals surface area contributed by atoms with E-state index in [4.69, 9.17) is 0 Å². The summed E-state index contributed by atoms with van der Waals surface area (Å²) in [5.41, 5.74) is 3.48. The van der Waals surface area contributed by atoms with Gasteiger partial charge >= 0.3 is 0 Å². The van der Waals surface area contributed by atoms with E-state index in [2.05, 4.69) is 29.3 Å². The normalized spacial score (nSPS) is 19.8. The summed E-state index contributed by atoms with van der Waals surface area (Å²) in [4.78, 5) is 13.9. The van der Waals surface area contributed by atoms with E-state index in [1.165, 1.54) is 61.7 Å². The molecule has 4 heteroatoms. The van der Waals surface area contributed by atoms with Gasteiger partial charge in [0.2, 0.25) is 0 Å². The maximum absolute atomic E-state index is 12.7. The molecule has 1 fully saturated rings. The molecule has 146 valence electrons. The number of carbonyl (C=O) groups excluding carboxylic acids is 1. The second-order valence-corrected chi connectivity index (χ2v) is 8.12. The molecule has 0 saturated heterocycles. The summed E-state index contributed by atoms with van der Waals surface area (Å²) in [6.45, 7) is 2.27. The van der Waals surface area contributed by atoms with E-state index in [-0.39, 0.29) is 5.91 Å². The lowest BCUT2D eigenvalue weighted by Gasteiger charge is -2.29. The van der Waals surface area contributed by atoms with Gasteiger partial charge in [-0.15, -0.1) is 15.0 Å². The molecule has 4 nitrogen and oxygen atoms in total. The zero-order chi connectivity index (χ0) is 19.3. The highest BCUT2D eigenvalue weighted by Gasteiger charge is 2.22. The maximum atomic E-state index is 12.7. The van der Waals surface area contributed by atoms with E-state index in [1.807, 2.05) is 36.4 Å². The molecule has 0 amide bonds. The van der Waals surface area contributed by atoms with E-state index >= 15 is 0 Å². The average molecular weight is 376 g/mol. The molecule has 4 rings (SSSR count). The molecule has 3 aromatic rings. The van der Waals surface area contributed by atoms with Crippen LogP contribution in [0.25, 0.3) is 11.0 Å². The van der Waals surface area contributed by atoms with Crippen LogP contribution in [0.15, 0.2) is 48.5 Å². The minimum absolute atomic E-state index is 0.178. The lowest BCUT2D eigenvalue weighted by Crippen LogP contribution is -2.16. The molecular weight excluding hydrogens is 346 g/mol. The van der Waals surface area contributed by atoms with Gasteiger partial charge in [-0.25, -0.2) is 0 Å². The first-order valence-corrected chi connectivity index (χ1v) is 10.7. The van der Waals surface area contributed by atoms with Gasteiger partial charge in [-0.05, 0) is 67.3 Å². The minimum atomic E-state index is -0.178. The van der Waals surface area contributed by atoms with Gasteiger partial charge in [0.1, 0.15) is 11.0 Å².